The Bertz CT molecular complexity index is 759. The molecule has 0 saturated heterocycles. The average molecular weight is 406 g/mol. The van der Waals surface area contributed by atoms with Gasteiger partial charge in [0.05, 0.1) is 43.6 Å². The molecule has 0 saturated carbocycles. The Balaban J connectivity index is 1.85. The lowest BCUT2D eigenvalue weighted by Gasteiger charge is -2.26. The molecule has 2 N–H and O–H groups in total. The van der Waals surface area contributed by atoms with Crippen LogP contribution in [0.15, 0.2) is 35.5 Å². The Morgan fingerprint density at radius 2 is 1.66 bits per heavy atom. The second-order valence-corrected chi connectivity index (χ2v) is 6.10. The van der Waals surface area contributed by atoms with Crippen LogP contribution < -0.4 is 20.1 Å². The van der Waals surface area contributed by atoms with E-state index in [1.165, 1.54) is 0 Å². The molecule has 9 nitrogen and oxygen atoms in total. The average Bonchev–Trinajstić information content (AvgIpc) is 2.67. The standard InChI is InChI=1S/C20H26N2O7/c1-4-26-14-6-8-15(9-7-14)28-11-10-17(23)29-12-16-18(19(24)27-5-2)13(3)21-20(25)22-16/h6-9,13H,4-5,10-12H2,1-3H3,(H2,21,22,25)/t13-/m1/s1. The highest BCUT2D eigenvalue weighted by Crippen LogP contribution is 2.18. The molecule has 1 heterocycles. The van der Waals surface area contributed by atoms with Crippen molar-refractivity contribution < 1.29 is 33.3 Å². The van der Waals surface area contributed by atoms with Crippen molar-refractivity contribution in [1.29, 1.82) is 0 Å². The Kier molecular flexibility index (Phi) is 8.32. The predicted octanol–water partition coefficient (Wildman–Crippen LogP) is 1.92. The maximum absolute atomic E-state index is 12.1. The molecule has 0 bridgehead atoms. The number of hydrogen-bond donors (Lipinski definition) is 2. The molecule has 0 fully saturated rings. The summed E-state index contributed by atoms with van der Waals surface area (Å²) in [4.78, 5) is 35.8. The highest BCUT2D eigenvalue weighted by atomic mass is 16.5. The van der Waals surface area contributed by atoms with Crippen LogP contribution in [0.2, 0.25) is 0 Å². The van der Waals surface area contributed by atoms with E-state index in [1.54, 1.807) is 38.1 Å². The van der Waals surface area contributed by atoms with Gasteiger partial charge in [-0.3, -0.25) is 4.79 Å². The number of hydrogen-bond acceptors (Lipinski definition) is 7. The molecular weight excluding hydrogens is 380 g/mol. The lowest BCUT2D eigenvalue weighted by molar-refractivity contribution is -0.144. The molecule has 0 aliphatic carbocycles. The third-order valence-corrected chi connectivity index (χ3v) is 3.95. The van der Waals surface area contributed by atoms with Crippen molar-refractivity contribution in [3.8, 4) is 11.5 Å². The van der Waals surface area contributed by atoms with Gasteiger partial charge in [0, 0.05) is 0 Å². The minimum atomic E-state index is -0.572. The number of nitrogens with one attached hydrogen (secondary N) is 2. The van der Waals surface area contributed by atoms with Crippen molar-refractivity contribution in [2.45, 2.75) is 33.2 Å². The van der Waals surface area contributed by atoms with Crippen molar-refractivity contribution in [2.24, 2.45) is 0 Å². The number of amides is 2. The number of carbonyl (C=O) groups excluding carboxylic acids is 3. The van der Waals surface area contributed by atoms with E-state index in [4.69, 9.17) is 18.9 Å². The number of carbonyl (C=O) groups is 3. The van der Waals surface area contributed by atoms with Crippen LogP contribution in [0.25, 0.3) is 0 Å². The third-order valence-electron chi connectivity index (χ3n) is 3.95. The molecule has 1 atom stereocenters. The van der Waals surface area contributed by atoms with Crippen LogP contribution in [-0.4, -0.2) is 50.4 Å². The van der Waals surface area contributed by atoms with E-state index in [9.17, 15) is 14.4 Å². The molecule has 29 heavy (non-hydrogen) atoms. The van der Waals surface area contributed by atoms with Crippen molar-refractivity contribution in [1.82, 2.24) is 10.6 Å². The predicted molar refractivity (Wildman–Crippen MR) is 103 cm³/mol. The van der Waals surface area contributed by atoms with Gasteiger partial charge in [-0.15, -0.1) is 0 Å². The van der Waals surface area contributed by atoms with Gasteiger partial charge < -0.3 is 29.6 Å². The van der Waals surface area contributed by atoms with Crippen molar-refractivity contribution in [2.75, 3.05) is 26.4 Å². The van der Waals surface area contributed by atoms with Gasteiger partial charge in [0.15, 0.2) is 0 Å². The van der Waals surface area contributed by atoms with Gasteiger partial charge in [0.25, 0.3) is 0 Å². The molecule has 2 rings (SSSR count). The largest absolute Gasteiger partial charge is 0.494 e. The molecule has 0 unspecified atom stereocenters. The third kappa shape index (κ3) is 6.70. The van der Waals surface area contributed by atoms with E-state index in [0.29, 0.717) is 12.4 Å². The first-order valence-electron chi connectivity index (χ1n) is 9.43. The SMILES string of the molecule is CCOC(=O)C1=C(COC(=O)CCOc2ccc(OCC)cc2)NC(=O)N[C@@H]1C. The molecule has 1 aromatic carbocycles. The van der Waals surface area contributed by atoms with Gasteiger partial charge in [-0.2, -0.15) is 0 Å². The van der Waals surface area contributed by atoms with Gasteiger partial charge in [0.2, 0.25) is 0 Å². The first-order valence-corrected chi connectivity index (χ1v) is 9.43. The van der Waals surface area contributed by atoms with Crippen LogP contribution in [0, 0.1) is 0 Å². The Hall–Kier alpha value is -3.23. The van der Waals surface area contributed by atoms with Crippen LogP contribution >= 0.6 is 0 Å². The first kappa shape index (κ1) is 22.1. The van der Waals surface area contributed by atoms with Crippen LogP contribution in [0.4, 0.5) is 4.79 Å². The van der Waals surface area contributed by atoms with Crippen molar-refractivity contribution in [3.63, 3.8) is 0 Å². The minimum absolute atomic E-state index is 0.0109. The number of urea groups is 1. The molecule has 0 radical (unpaired) electrons. The van der Waals surface area contributed by atoms with Crippen molar-refractivity contribution >= 4 is 18.0 Å². The summed E-state index contributed by atoms with van der Waals surface area (Å²) in [5, 5.41) is 5.07. The van der Waals surface area contributed by atoms with E-state index in [2.05, 4.69) is 10.6 Å². The number of ether oxygens (including phenoxy) is 4. The van der Waals surface area contributed by atoms with Gasteiger partial charge in [-0.25, -0.2) is 9.59 Å². The molecule has 9 heteroatoms. The molecule has 1 aliphatic rings. The van der Waals surface area contributed by atoms with Crippen LogP contribution in [0.3, 0.4) is 0 Å². The molecule has 1 aliphatic heterocycles. The second-order valence-electron chi connectivity index (χ2n) is 6.10. The smallest absolute Gasteiger partial charge is 0.338 e. The van der Waals surface area contributed by atoms with E-state index in [0.717, 1.165) is 5.75 Å². The fourth-order valence-corrected chi connectivity index (χ4v) is 2.67. The van der Waals surface area contributed by atoms with Crippen LogP contribution in [0.5, 0.6) is 11.5 Å². The van der Waals surface area contributed by atoms with Gasteiger partial charge >= 0.3 is 18.0 Å². The highest BCUT2D eigenvalue weighted by Gasteiger charge is 2.30. The number of esters is 2. The molecule has 2 amide bonds. The molecular formula is C20H26N2O7. The summed E-state index contributed by atoms with van der Waals surface area (Å²) >= 11 is 0. The zero-order valence-electron chi connectivity index (χ0n) is 16.8. The zero-order chi connectivity index (χ0) is 21.2. The fourth-order valence-electron chi connectivity index (χ4n) is 2.67. The molecule has 1 aromatic rings. The van der Waals surface area contributed by atoms with E-state index in [-0.39, 0.29) is 37.5 Å². The Morgan fingerprint density at radius 1 is 1.00 bits per heavy atom. The second kappa shape index (κ2) is 10.9. The first-order chi connectivity index (χ1) is 13.9. The maximum atomic E-state index is 12.1. The summed E-state index contributed by atoms with van der Waals surface area (Å²) in [6.45, 7) is 5.89. The highest BCUT2D eigenvalue weighted by molar-refractivity contribution is 5.94. The van der Waals surface area contributed by atoms with Gasteiger partial charge in [0.1, 0.15) is 18.1 Å². The molecule has 0 spiro atoms. The minimum Gasteiger partial charge on any atom is -0.494 e. The summed E-state index contributed by atoms with van der Waals surface area (Å²) in [5.74, 6) is 0.251. The lowest BCUT2D eigenvalue weighted by Crippen LogP contribution is -2.50. The van der Waals surface area contributed by atoms with Gasteiger partial charge in [-0.1, -0.05) is 0 Å². The fraction of sp³-hybridized carbons (Fsp3) is 0.450. The number of rotatable bonds is 10. The van der Waals surface area contributed by atoms with E-state index in [1.807, 2.05) is 6.92 Å². The van der Waals surface area contributed by atoms with E-state index < -0.39 is 24.0 Å². The Morgan fingerprint density at radius 3 is 2.28 bits per heavy atom. The lowest BCUT2D eigenvalue weighted by atomic mass is 10.0. The van der Waals surface area contributed by atoms with Crippen LogP contribution in [0.1, 0.15) is 27.2 Å². The Labute approximate surface area is 169 Å². The summed E-state index contributed by atoms with van der Waals surface area (Å²) in [6.07, 6.45) is 0.0109. The van der Waals surface area contributed by atoms with Crippen LogP contribution in [-0.2, 0) is 19.1 Å². The molecule has 0 aromatic heterocycles. The quantitative estimate of drug-likeness (QED) is 0.571. The zero-order valence-corrected chi connectivity index (χ0v) is 16.8. The summed E-state index contributed by atoms with van der Waals surface area (Å²) in [6, 6.07) is 6.02. The topological polar surface area (TPSA) is 112 Å². The number of benzene rings is 1. The normalized spacial score (nSPS) is 15.8. The maximum Gasteiger partial charge on any atom is 0.338 e. The van der Waals surface area contributed by atoms with Crippen molar-refractivity contribution in [3.05, 3.63) is 35.5 Å². The van der Waals surface area contributed by atoms with E-state index >= 15 is 0 Å². The monoisotopic (exact) mass is 406 g/mol. The van der Waals surface area contributed by atoms with Gasteiger partial charge in [-0.05, 0) is 45.0 Å². The summed E-state index contributed by atoms with van der Waals surface area (Å²) in [7, 11) is 0. The summed E-state index contributed by atoms with van der Waals surface area (Å²) < 4.78 is 21.0. The molecule has 158 valence electrons. The summed E-state index contributed by atoms with van der Waals surface area (Å²) in [5.41, 5.74) is 0.436.